The Morgan fingerprint density at radius 1 is 1.24 bits per heavy atom. The van der Waals surface area contributed by atoms with Gasteiger partial charge >= 0.3 is 0 Å². The molecule has 2 aromatic rings. The van der Waals surface area contributed by atoms with Crippen molar-refractivity contribution in [2.24, 2.45) is 0 Å². The van der Waals surface area contributed by atoms with Gasteiger partial charge in [-0.25, -0.2) is 4.98 Å². The van der Waals surface area contributed by atoms with Crippen molar-refractivity contribution in [1.82, 2.24) is 4.98 Å². The van der Waals surface area contributed by atoms with E-state index < -0.39 is 0 Å². The van der Waals surface area contributed by atoms with Gasteiger partial charge in [0.1, 0.15) is 5.82 Å². The molecular weight excluding hydrogens is 280 g/mol. The topological polar surface area (TPSA) is 45.1 Å². The summed E-state index contributed by atoms with van der Waals surface area (Å²) in [5.74, 6) is 2.58. The van der Waals surface area contributed by atoms with E-state index in [1.807, 2.05) is 12.3 Å². The number of hydrogen-bond donors (Lipinski definition) is 2. The number of thioether (sulfide) groups is 1. The highest BCUT2D eigenvalue weighted by Gasteiger charge is 2.02. The molecule has 0 fully saturated rings. The van der Waals surface area contributed by atoms with Gasteiger partial charge in [-0.3, -0.25) is 0 Å². The number of pyridine rings is 1. The molecule has 0 atom stereocenters. The molecule has 0 aliphatic carbocycles. The second-order valence-corrected chi connectivity index (χ2v) is 6.14. The predicted octanol–water partition coefficient (Wildman–Crippen LogP) is 3.54. The Morgan fingerprint density at radius 3 is 2.90 bits per heavy atom. The Hall–Kier alpha value is -1.52. The molecule has 0 radical (unpaired) electrons. The number of nitrogens with one attached hydrogen (secondary N) is 1. The fraction of sp³-hybridized carbons (Fsp3) is 0.353. The summed E-state index contributed by atoms with van der Waals surface area (Å²) < 4.78 is 0. The molecule has 1 aromatic carbocycles. The molecule has 2 N–H and O–H groups in total. The van der Waals surface area contributed by atoms with Crippen LogP contribution in [-0.4, -0.2) is 22.5 Å². The van der Waals surface area contributed by atoms with Crippen molar-refractivity contribution in [3.05, 3.63) is 58.8 Å². The monoisotopic (exact) mass is 302 g/mol. The minimum Gasteiger partial charge on any atom is -0.396 e. The molecule has 0 spiro atoms. The highest BCUT2D eigenvalue weighted by molar-refractivity contribution is 7.98. The van der Waals surface area contributed by atoms with Crippen molar-refractivity contribution in [2.45, 2.75) is 26.1 Å². The number of aryl methyl sites for hydroxylation is 1. The highest BCUT2D eigenvalue weighted by Crippen LogP contribution is 2.17. The normalized spacial score (nSPS) is 10.6. The van der Waals surface area contributed by atoms with Crippen molar-refractivity contribution in [3.63, 3.8) is 0 Å². The largest absolute Gasteiger partial charge is 0.396 e. The van der Waals surface area contributed by atoms with Crippen molar-refractivity contribution >= 4 is 17.6 Å². The number of aliphatic hydroxyl groups excluding tert-OH is 1. The lowest BCUT2D eigenvalue weighted by Crippen LogP contribution is -2.04. The quantitative estimate of drug-likeness (QED) is 0.768. The van der Waals surface area contributed by atoms with Crippen molar-refractivity contribution in [1.29, 1.82) is 0 Å². The van der Waals surface area contributed by atoms with E-state index in [0.717, 1.165) is 23.9 Å². The van der Waals surface area contributed by atoms with Gasteiger partial charge in [0.05, 0.1) is 6.61 Å². The summed E-state index contributed by atoms with van der Waals surface area (Å²) in [5, 5.41) is 12.2. The fourth-order valence-corrected chi connectivity index (χ4v) is 2.79. The van der Waals surface area contributed by atoms with Gasteiger partial charge in [-0.15, -0.1) is 0 Å². The van der Waals surface area contributed by atoms with E-state index in [1.54, 1.807) is 11.8 Å². The van der Waals surface area contributed by atoms with Crippen molar-refractivity contribution in [3.8, 4) is 0 Å². The molecule has 3 nitrogen and oxygen atoms in total. The van der Waals surface area contributed by atoms with Gasteiger partial charge in [0.15, 0.2) is 0 Å². The number of nitrogens with zero attached hydrogens (tertiary/aromatic N) is 1. The van der Waals surface area contributed by atoms with E-state index in [0.29, 0.717) is 0 Å². The van der Waals surface area contributed by atoms with Gasteiger partial charge in [-0.2, -0.15) is 11.8 Å². The maximum Gasteiger partial charge on any atom is 0.126 e. The van der Waals surface area contributed by atoms with Crippen LogP contribution in [0.5, 0.6) is 0 Å². The Bertz CT molecular complexity index is 587. The third-order valence-corrected chi connectivity index (χ3v) is 4.51. The third kappa shape index (κ3) is 4.76. The fourth-order valence-electron chi connectivity index (χ4n) is 2.10. The Morgan fingerprint density at radius 2 is 2.10 bits per heavy atom. The zero-order valence-electron chi connectivity index (χ0n) is 12.6. The van der Waals surface area contributed by atoms with Crippen LogP contribution in [0.1, 0.15) is 22.3 Å². The van der Waals surface area contributed by atoms with E-state index in [2.05, 4.69) is 48.4 Å². The number of anilines is 1. The SMILES string of the molecule is Cc1cccc(CNc2cc(CSCCO)ccn2)c1C. The first-order valence-corrected chi connectivity index (χ1v) is 8.28. The number of rotatable bonds is 7. The van der Waals surface area contributed by atoms with E-state index in [1.165, 1.54) is 22.3 Å². The van der Waals surface area contributed by atoms with Gasteiger partial charge in [-0.1, -0.05) is 18.2 Å². The van der Waals surface area contributed by atoms with Crippen molar-refractivity contribution < 1.29 is 5.11 Å². The van der Waals surface area contributed by atoms with E-state index in [9.17, 15) is 0 Å². The van der Waals surface area contributed by atoms with Gasteiger partial charge in [0.25, 0.3) is 0 Å². The van der Waals surface area contributed by atoms with Gasteiger partial charge in [-0.05, 0) is 48.2 Å². The molecule has 1 aromatic heterocycles. The highest BCUT2D eigenvalue weighted by atomic mass is 32.2. The maximum absolute atomic E-state index is 8.81. The molecule has 21 heavy (non-hydrogen) atoms. The van der Waals surface area contributed by atoms with E-state index in [4.69, 9.17) is 5.11 Å². The molecule has 0 aliphatic heterocycles. The number of benzene rings is 1. The minimum absolute atomic E-state index is 0.230. The molecule has 0 unspecified atom stereocenters. The standard InChI is InChI=1S/C17H22N2OS/c1-13-4-3-5-16(14(13)2)11-19-17-10-15(6-7-18-17)12-21-9-8-20/h3-7,10,20H,8-9,11-12H2,1-2H3,(H,18,19). The van der Waals surface area contributed by atoms with Crippen LogP contribution in [0.15, 0.2) is 36.5 Å². The van der Waals surface area contributed by atoms with Crippen LogP contribution in [0.25, 0.3) is 0 Å². The number of aromatic nitrogens is 1. The lowest BCUT2D eigenvalue weighted by Gasteiger charge is -2.11. The summed E-state index contributed by atoms with van der Waals surface area (Å²) in [6, 6.07) is 10.5. The molecule has 2 rings (SSSR count). The summed E-state index contributed by atoms with van der Waals surface area (Å²) in [5.41, 5.74) is 5.18. The average molecular weight is 302 g/mol. The zero-order valence-corrected chi connectivity index (χ0v) is 13.4. The Kier molecular flexibility index (Phi) is 6.08. The molecule has 4 heteroatoms. The van der Waals surface area contributed by atoms with Crippen LogP contribution in [0, 0.1) is 13.8 Å². The van der Waals surface area contributed by atoms with Crippen LogP contribution in [0.2, 0.25) is 0 Å². The summed E-state index contributed by atoms with van der Waals surface area (Å²) in [6.07, 6.45) is 1.83. The maximum atomic E-state index is 8.81. The van der Waals surface area contributed by atoms with Crippen molar-refractivity contribution in [2.75, 3.05) is 17.7 Å². The molecule has 0 amide bonds. The smallest absolute Gasteiger partial charge is 0.126 e. The molecule has 0 saturated heterocycles. The van der Waals surface area contributed by atoms with Crippen LogP contribution in [0.3, 0.4) is 0 Å². The van der Waals surface area contributed by atoms with Crippen LogP contribution in [-0.2, 0) is 12.3 Å². The van der Waals surface area contributed by atoms with Crippen LogP contribution < -0.4 is 5.32 Å². The predicted molar refractivity (Wildman–Crippen MR) is 90.7 cm³/mol. The number of hydrogen-bond acceptors (Lipinski definition) is 4. The average Bonchev–Trinajstić information content (AvgIpc) is 2.50. The summed E-state index contributed by atoms with van der Waals surface area (Å²) in [4.78, 5) is 4.37. The molecular formula is C17H22N2OS. The minimum atomic E-state index is 0.230. The second kappa shape index (κ2) is 8.05. The first kappa shape index (κ1) is 15.9. The lowest BCUT2D eigenvalue weighted by atomic mass is 10.0. The summed E-state index contributed by atoms with van der Waals surface area (Å²) in [7, 11) is 0. The van der Waals surface area contributed by atoms with E-state index >= 15 is 0 Å². The molecule has 0 bridgehead atoms. The summed E-state index contributed by atoms with van der Waals surface area (Å²) in [6.45, 7) is 5.30. The van der Waals surface area contributed by atoms with Crippen LogP contribution in [0.4, 0.5) is 5.82 Å². The number of aliphatic hydroxyl groups is 1. The van der Waals surface area contributed by atoms with Crippen LogP contribution >= 0.6 is 11.8 Å². The lowest BCUT2D eigenvalue weighted by molar-refractivity contribution is 0.322. The first-order chi connectivity index (χ1) is 10.2. The van der Waals surface area contributed by atoms with Gasteiger partial charge in [0, 0.05) is 24.2 Å². The molecule has 0 saturated carbocycles. The Labute approximate surface area is 130 Å². The summed E-state index contributed by atoms with van der Waals surface area (Å²) >= 11 is 1.73. The van der Waals surface area contributed by atoms with E-state index in [-0.39, 0.29) is 6.61 Å². The zero-order chi connectivity index (χ0) is 15.1. The van der Waals surface area contributed by atoms with Gasteiger partial charge in [0.2, 0.25) is 0 Å². The molecule has 1 heterocycles. The molecule has 0 aliphatic rings. The first-order valence-electron chi connectivity index (χ1n) is 7.13. The van der Waals surface area contributed by atoms with Gasteiger partial charge < -0.3 is 10.4 Å². The third-order valence-electron chi connectivity index (χ3n) is 3.51. The molecule has 112 valence electrons. The Balaban J connectivity index is 1.96. The second-order valence-electron chi connectivity index (χ2n) is 5.04.